The summed E-state index contributed by atoms with van der Waals surface area (Å²) < 4.78 is 13.8. The van der Waals surface area contributed by atoms with Crippen LogP contribution < -0.4 is 5.32 Å². The van der Waals surface area contributed by atoms with Gasteiger partial charge in [0.1, 0.15) is 11.6 Å². The fourth-order valence-electron chi connectivity index (χ4n) is 2.14. The van der Waals surface area contributed by atoms with Gasteiger partial charge in [0.15, 0.2) is 0 Å². The fraction of sp³-hybridized carbons (Fsp3) is 0.375. The summed E-state index contributed by atoms with van der Waals surface area (Å²) in [5, 5.41) is 14.7. The Kier molecular flexibility index (Phi) is 4.45. The van der Waals surface area contributed by atoms with Crippen molar-refractivity contribution in [2.45, 2.75) is 32.2 Å². The van der Waals surface area contributed by atoms with Crippen LogP contribution in [0.3, 0.4) is 0 Å². The Bertz CT molecular complexity index is 566. The van der Waals surface area contributed by atoms with E-state index in [-0.39, 0.29) is 23.0 Å². The molecule has 108 valence electrons. The first-order valence-corrected chi connectivity index (χ1v) is 7.54. The topological polar surface area (TPSA) is 32.3 Å². The molecule has 0 amide bonds. The molecular formula is C16H20FNOS. The molecule has 0 fully saturated rings. The molecular weight excluding hydrogens is 273 g/mol. The zero-order valence-corrected chi connectivity index (χ0v) is 12.8. The summed E-state index contributed by atoms with van der Waals surface area (Å²) in [4.78, 5) is 1.31. The van der Waals surface area contributed by atoms with Gasteiger partial charge in [0, 0.05) is 34.5 Å². The molecule has 4 heteroatoms. The van der Waals surface area contributed by atoms with Crippen molar-refractivity contribution in [3.8, 4) is 5.75 Å². The maximum Gasteiger partial charge on any atom is 0.131 e. The second kappa shape index (κ2) is 5.94. The van der Waals surface area contributed by atoms with E-state index in [4.69, 9.17) is 0 Å². The molecule has 0 radical (unpaired) electrons. The van der Waals surface area contributed by atoms with Crippen LogP contribution in [-0.4, -0.2) is 11.7 Å². The molecule has 0 bridgehead atoms. The molecule has 1 unspecified atom stereocenters. The molecule has 0 aliphatic rings. The number of thiophene rings is 1. The maximum absolute atomic E-state index is 13.8. The van der Waals surface area contributed by atoms with E-state index in [0.717, 1.165) is 12.6 Å². The predicted octanol–water partition coefficient (Wildman–Crippen LogP) is 4.22. The molecule has 2 rings (SSSR count). The van der Waals surface area contributed by atoms with E-state index >= 15 is 0 Å². The van der Waals surface area contributed by atoms with Gasteiger partial charge in [0.2, 0.25) is 0 Å². The lowest BCUT2D eigenvalue weighted by Crippen LogP contribution is -2.34. The first-order chi connectivity index (χ1) is 9.40. The number of hydrogen-bond acceptors (Lipinski definition) is 3. The number of aromatic hydroxyl groups is 1. The summed E-state index contributed by atoms with van der Waals surface area (Å²) >= 11 is 1.74. The summed E-state index contributed by atoms with van der Waals surface area (Å²) in [5.74, 6) is -0.420. The van der Waals surface area contributed by atoms with Gasteiger partial charge in [-0.25, -0.2) is 4.39 Å². The molecule has 2 N–H and O–H groups in total. The van der Waals surface area contributed by atoms with Crippen LogP contribution in [-0.2, 0) is 5.41 Å². The van der Waals surface area contributed by atoms with Crippen LogP contribution in [0, 0.1) is 5.82 Å². The average Bonchev–Trinajstić information content (AvgIpc) is 2.90. The Labute approximate surface area is 123 Å². The summed E-state index contributed by atoms with van der Waals surface area (Å²) in [6.45, 7) is 7.03. The highest BCUT2D eigenvalue weighted by Crippen LogP contribution is 2.28. The lowest BCUT2D eigenvalue weighted by molar-refractivity contribution is 0.429. The van der Waals surface area contributed by atoms with Crippen molar-refractivity contribution in [2.24, 2.45) is 0 Å². The van der Waals surface area contributed by atoms with Gasteiger partial charge in [-0.15, -0.1) is 11.3 Å². The van der Waals surface area contributed by atoms with E-state index in [9.17, 15) is 9.50 Å². The van der Waals surface area contributed by atoms with Crippen LogP contribution >= 0.6 is 11.3 Å². The van der Waals surface area contributed by atoms with Crippen molar-refractivity contribution in [3.63, 3.8) is 0 Å². The van der Waals surface area contributed by atoms with Crippen molar-refractivity contribution < 1.29 is 9.50 Å². The highest BCUT2D eigenvalue weighted by molar-refractivity contribution is 7.10. The lowest BCUT2D eigenvalue weighted by Gasteiger charge is -2.26. The van der Waals surface area contributed by atoms with Gasteiger partial charge < -0.3 is 10.4 Å². The van der Waals surface area contributed by atoms with Crippen LogP contribution in [0.1, 0.15) is 37.3 Å². The minimum atomic E-state index is -0.376. The lowest BCUT2D eigenvalue weighted by atomic mass is 9.91. The van der Waals surface area contributed by atoms with E-state index in [0.29, 0.717) is 5.56 Å². The van der Waals surface area contributed by atoms with Crippen LogP contribution in [0.4, 0.5) is 4.39 Å². The first kappa shape index (κ1) is 15.0. The molecule has 0 aliphatic carbocycles. The second-order valence-electron chi connectivity index (χ2n) is 5.67. The summed E-state index contributed by atoms with van der Waals surface area (Å²) in [6.07, 6.45) is 0. The number of phenolic OH excluding ortho intramolecular Hbond substituents is 1. The molecule has 0 spiro atoms. The second-order valence-corrected chi connectivity index (χ2v) is 6.62. The Hall–Kier alpha value is -1.39. The first-order valence-electron chi connectivity index (χ1n) is 6.66. The van der Waals surface area contributed by atoms with Crippen molar-refractivity contribution >= 4 is 11.3 Å². The van der Waals surface area contributed by atoms with E-state index in [1.54, 1.807) is 17.4 Å². The van der Waals surface area contributed by atoms with Gasteiger partial charge in [-0.05, 0) is 24.4 Å². The van der Waals surface area contributed by atoms with Crippen molar-refractivity contribution in [3.05, 3.63) is 52.0 Å². The van der Waals surface area contributed by atoms with E-state index < -0.39 is 0 Å². The smallest absolute Gasteiger partial charge is 0.131 e. The van der Waals surface area contributed by atoms with Gasteiger partial charge >= 0.3 is 0 Å². The number of hydrogen-bond donors (Lipinski definition) is 2. The fourth-order valence-corrected chi connectivity index (χ4v) is 2.99. The third kappa shape index (κ3) is 3.38. The minimum absolute atomic E-state index is 0.00974. The Balaban J connectivity index is 2.03. The highest BCUT2D eigenvalue weighted by atomic mass is 32.1. The van der Waals surface area contributed by atoms with Gasteiger partial charge in [-0.1, -0.05) is 26.0 Å². The molecule has 1 heterocycles. The van der Waals surface area contributed by atoms with Crippen LogP contribution in [0.5, 0.6) is 5.75 Å². The maximum atomic E-state index is 13.8. The summed E-state index contributed by atoms with van der Waals surface area (Å²) in [5.41, 5.74) is 0.584. The third-order valence-electron chi connectivity index (χ3n) is 3.49. The van der Waals surface area contributed by atoms with Crippen LogP contribution in [0.2, 0.25) is 0 Å². The van der Waals surface area contributed by atoms with E-state index in [1.165, 1.54) is 10.9 Å². The SMILES string of the molecule is CC(NCC(C)(C)c1cccs1)c1ccc(O)cc1F. The quantitative estimate of drug-likeness (QED) is 0.865. The largest absolute Gasteiger partial charge is 0.508 e. The Morgan fingerprint density at radius 2 is 2.10 bits per heavy atom. The zero-order chi connectivity index (χ0) is 14.8. The number of benzene rings is 1. The third-order valence-corrected chi connectivity index (χ3v) is 4.72. The normalized spacial score (nSPS) is 13.4. The molecule has 0 saturated carbocycles. The molecule has 1 atom stereocenters. The van der Waals surface area contributed by atoms with E-state index in [1.807, 2.05) is 13.0 Å². The van der Waals surface area contributed by atoms with Gasteiger partial charge in [-0.2, -0.15) is 0 Å². The monoisotopic (exact) mass is 293 g/mol. The Morgan fingerprint density at radius 1 is 1.35 bits per heavy atom. The van der Waals surface area contributed by atoms with E-state index in [2.05, 4.69) is 30.6 Å². The molecule has 0 aliphatic heterocycles. The summed E-state index contributed by atoms with van der Waals surface area (Å²) in [6, 6.07) is 8.36. The number of rotatable bonds is 5. The number of phenols is 1. The molecule has 2 nitrogen and oxygen atoms in total. The standard InChI is InChI=1S/C16H20FNOS/c1-11(13-7-6-12(19)9-14(13)17)18-10-16(2,3)15-5-4-8-20-15/h4-9,11,18-19H,10H2,1-3H3. The van der Waals surface area contributed by atoms with Gasteiger partial charge in [0.25, 0.3) is 0 Å². The Morgan fingerprint density at radius 3 is 2.70 bits per heavy atom. The van der Waals surface area contributed by atoms with Crippen molar-refractivity contribution in [2.75, 3.05) is 6.54 Å². The van der Waals surface area contributed by atoms with Crippen LogP contribution in [0.25, 0.3) is 0 Å². The van der Waals surface area contributed by atoms with Gasteiger partial charge in [-0.3, -0.25) is 0 Å². The molecule has 1 aromatic carbocycles. The average molecular weight is 293 g/mol. The molecule has 0 saturated heterocycles. The molecule has 1 aromatic heterocycles. The predicted molar refractivity (Wildman–Crippen MR) is 81.8 cm³/mol. The highest BCUT2D eigenvalue weighted by Gasteiger charge is 2.23. The number of nitrogens with one attached hydrogen (secondary N) is 1. The summed E-state index contributed by atoms with van der Waals surface area (Å²) in [7, 11) is 0. The van der Waals surface area contributed by atoms with Crippen LogP contribution in [0.15, 0.2) is 35.7 Å². The number of halogens is 1. The minimum Gasteiger partial charge on any atom is -0.508 e. The van der Waals surface area contributed by atoms with Gasteiger partial charge in [0.05, 0.1) is 0 Å². The van der Waals surface area contributed by atoms with Crippen molar-refractivity contribution in [1.82, 2.24) is 5.32 Å². The zero-order valence-electron chi connectivity index (χ0n) is 12.0. The molecule has 2 aromatic rings. The molecule has 20 heavy (non-hydrogen) atoms. The van der Waals surface area contributed by atoms with Crippen molar-refractivity contribution in [1.29, 1.82) is 0 Å².